The predicted molar refractivity (Wildman–Crippen MR) is 102 cm³/mol. The van der Waals surface area contributed by atoms with Gasteiger partial charge in [0.05, 0.1) is 17.7 Å². The molecule has 30 heavy (non-hydrogen) atoms. The molecule has 2 aromatic carbocycles. The van der Waals surface area contributed by atoms with Gasteiger partial charge in [0.1, 0.15) is 17.8 Å². The Bertz CT molecular complexity index is 1200. The van der Waals surface area contributed by atoms with Gasteiger partial charge in [0.15, 0.2) is 11.6 Å². The van der Waals surface area contributed by atoms with Gasteiger partial charge in [-0.15, -0.1) is 0 Å². The van der Waals surface area contributed by atoms with Crippen LogP contribution in [-0.4, -0.2) is 21.0 Å². The summed E-state index contributed by atoms with van der Waals surface area (Å²) in [5.74, 6) is -4.14. The Morgan fingerprint density at radius 1 is 1.00 bits per heavy atom. The number of amides is 1. The summed E-state index contributed by atoms with van der Waals surface area (Å²) < 4.78 is 46.7. The second kappa shape index (κ2) is 8.16. The molecule has 0 saturated carbocycles. The minimum Gasteiger partial charge on any atom is -0.337 e. The highest BCUT2D eigenvalue weighted by molar-refractivity contribution is 5.97. The number of benzene rings is 2. The molecule has 0 aliphatic carbocycles. The Hall–Kier alpha value is -4.01. The van der Waals surface area contributed by atoms with Crippen LogP contribution in [-0.2, 0) is 11.2 Å². The predicted octanol–water partition coefficient (Wildman–Crippen LogP) is 4.40. The van der Waals surface area contributed by atoms with Crippen LogP contribution in [0, 0.1) is 17.5 Å². The van der Waals surface area contributed by atoms with Crippen LogP contribution in [0.2, 0.25) is 0 Å². The van der Waals surface area contributed by atoms with Crippen molar-refractivity contribution < 1.29 is 22.5 Å². The van der Waals surface area contributed by atoms with Crippen molar-refractivity contribution in [1.29, 1.82) is 0 Å². The van der Waals surface area contributed by atoms with Crippen LogP contribution in [0.5, 0.6) is 0 Å². The first-order chi connectivity index (χ1) is 14.5. The summed E-state index contributed by atoms with van der Waals surface area (Å²) in [6.07, 6.45) is 2.72. The van der Waals surface area contributed by atoms with Crippen LogP contribution in [0.25, 0.3) is 22.5 Å². The van der Waals surface area contributed by atoms with Crippen molar-refractivity contribution >= 4 is 11.8 Å². The Kier molecular flexibility index (Phi) is 5.25. The second-order valence-electron chi connectivity index (χ2n) is 6.29. The lowest BCUT2D eigenvalue weighted by Crippen LogP contribution is -2.14. The van der Waals surface area contributed by atoms with Crippen molar-refractivity contribution in [2.75, 3.05) is 5.32 Å². The van der Waals surface area contributed by atoms with Crippen LogP contribution in [0.3, 0.4) is 0 Å². The molecule has 0 spiro atoms. The summed E-state index contributed by atoms with van der Waals surface area (Å²) in [6.45, 7) is 0. The third-order valence-electron chi connectivity index (χ3n) is 4.26. The highest BCUT2D eigenvalue weighted by Gasteiger charge is 2.25. The Labute approximate surface area is 168 Å². The maximum atomic E-state index is 14.4. The maximum Gasteiger partial charge on any atom is 0.241 e. The summed E-state index contributed by atoms with van der Waals surface area (Å²) in [5.41, 5.74) is 0.657. The van der Waals surface area contributed by atoms with Gasteiger partial charge in [-0.3, -0.25) is 10.1 Å². The van der Waals surface area contributed by atoms with Crippen molar-refractivity contribution in [1.82, 2.24) is 15.1 Å². The Balaban J connectivity index is 1.75. The number of anilines is 1. The Morgan fingerprint density at radius 3 is 2.50 bits per heavy atom. The van der Waals surface area contributed by atoms with Crippen LogP contribution in [0.1, 0.15) is 5.56 Å². The van der Waals surface area contributed by atoms with Gasteiger partial charge in [-0.2, -0.15) is 0 Å². The van der Waals surface area contributed by atoms with E-state index < -0.39 is 23.4 Å². The third-order valence-corrected chi connectivity index (χ3v) is 4.26. The lowest BCUT2D eigenvalue weighted by Gasteiger charge is -2.07. The van der Waals surface area contributed by atoms with Gasteiger partial charge in [-0.05, 0) is 17.7 Å². The molecule has 0 atom stereocenters. The molecular formula is C21H13F3N4O2. The van der Waals surface area contributed by atoms with E-state index in [4.69, 9.17) is 4.52 Å². The number of hydrogen-bond acceptors (Lipinski definition) is 5. The van der Waals surface area contributed by atoms with Gasteiger partial charge in [0, 0.05) is 17.8 Å². The molecule has 0 fully saturated rings. The number of nitrogens with zero attached hydrogens (tertiary/aromatic N) is 3. The molecule has 0 aliphatic rings. The van der Waals surface area contributed by atoms with Crippen LogP contribution in [0.4, 0.5) is 19.1 Å². The third kappa shape index (κ3) is 3.90. The van der Waals surface area contributed by atoms with E-state index in [-0.39, 0.29) is 34.8 Å². The summed E-state index contributed by atoms with van der Waals surface area (Å²) in [7, 11) is 0. The normalized spacial score (nSPS) is 10.8. The summed E-state index contributed by atoms with van der Waals surface area (Å²) >= 11 is 0. The number of nitrogens with one attached hydrogen (secondary N) is 1. The van der Waals surface area contributed by atoms with E-state index >= 15 is 0 Å². The van der Waals surface area contributed by atoms with E-state index in [0.717, 1.165) is 5.56 Å². The zero-order valence-corrected chi connectivity index (χ0v) is 15.3. The van der Waals surface area contributed by atoms with E-state index in [1.165, 1.54) is 18.6 Å². The minimum atomic E-state index is -1.33. The number of carbonyl (C=O) groups is 1. The molecule has 0 aliphatic heterocycles. The van der Waals surface area contributed by atoms with Crippen LogP contribution in [0.15, 0.2) is 65.6 Å². The fourth-order valence-electron chi connectivity index (χ4n) is 2.89. The zero-order chi connectivity index (χ0) is 21.1. The summed E-state index contributed by atoms with van der Waals surface area (Å²) in [5, 5.41) is 6.35. The quantitative estimate of drug-likeness (QED) is 0.494. The SMILES string of the molecule is O=C(Cc1ccccc1)Nc1onc(-c2cc(F)c(F)cc2F)c1-c1ccncn1. The average Bonchev–Trinajstić information content (AvgIpc) is 3.15. The highest BCUT2D eigenvalue weighted by atomic mass is 19.2. The van der Waals surface area contributed by atoms with Crippen molar-refractivity contribution in [3.05, 3.63) is 84.1 Å². The fourth-order valence-corrected chi connectivity index (χ4v) is 2.89. The first kappa shape index (κ1) is 19.3. The van der Waals surface area contributed by atoms with E-state index in [0.29, 0.717) is 12.1 Å². The standard InChI is InChI=1S/C21H13F3N4O2/c22-14-10-16(24)15(23)9-13(14)20-19(17-6-7-25-11-26-17)21(30-28-20)27-18(29)8-12-4-2-1-3-5-12/h1-7,9-11H,8H2,(H,27,29). The van der Waals surface area contributed by atoms with E-state index in [1.54, 1.807) is 24.3 Å². The Morgan fingerprint density at radius 2 is 1.77 bits per heavy atom. The van der Waals surface area contributed by atoms with E-state index in [1.807, 2.05) is 6.07 Å². The van der Waals surface area contributed by atoms with Crippen LogP contribution < -0.4 is 5.32 Å². The van der Waals surface area contributed by atoms with Crippen LogP contribution >= 0.6 is 0 Å². The molecule has 150 valence electrons. The van der Waals surface area contributed by atoms with Gasteiger partial charge in [0.2, 0.25) is 11.8 Å². The molecule has 0 radical (unpaired) electrons. The molecule has 4 aromatic rings. The van der Waals surface area contributed by atoms with Gasteiger partial charge in [0.25, 0.3) is 0 Å². The van der Waals surface area contributed by atoms with E-state index in [9.17, 15) is 18.0 Å². The molecule has 2 heterocycles. The van der Waals surface area contributed by atoms with Gasteiger partial charge < -0.3 is 4.52 Å². The van der Waals surface area contributed by atoms with Crippen molar-refractivity contribution in [2.45, 2.75) is 6.42 Å². The molecule has 0 saturated heterocycles. The monoisotopic (exact) mass is 410 g/mol. The molecule has 4 rings (SSSR count). The van der Waals surface area contributed by atoms with Crippen molar-refractivity contribution in [3.8, 4) is 22.5 Å². The average molecular weight is 410 g/mol. The lowest BCUT2D eigenvalue weighted by molar-refractivity contribution is -0.115. The van der Waals surface area contributed by atoms with Gasteiger partial charge >= 0.3 is 0 Å². The number of rotatable bonds is 5. The van der Waals surface area contributed by atoms with Gasteiger partial charge in [-0.1, -0.05) is 35.5 Å². The number of hydrogen-bond donors (Lipinski definition) is 1. The highest BCUT2D eigenvalue weighted by Crippen LogP contribution is 2.38. The smallest absolute Gasteiger partial charge is 0.241 e. The number of halogens is 3. The first-order valence-electron chi connectivity index (χ1n) is 8.77. The maximum absolute atomic E-state index is 14.4. The second-order valence-corrected chi connectivity index (χ2v) is 6.29. The molecule has 1 amide bonds. The van der Waals surface area contributed by atoms with E-state index in [2.05, 4.69) is 20.4 Å². The molecule has 2 aromatic heterocycles. The molecular weight excluding hydrogens is 397 g/mol. The fraction of sp³-hybridized carbons (Fsp3) is 0.0476. The number of carbonyl (C=O) groups excluding carboxylic acids is 1. The van der Waals surface area contributed by atoms with Gasteiger partial charge in [-0.25, -0.2) is 23.1 Å². The topological polar surface area (TPSA) is 80.9 Å². The molecule has 9 heteroatoms. The molecule has 1 N–H and O–H groups in total. The first-order valence-corrected chi connectivity index (χ1v) is 8.77. The van der Waals surface area contributed by atoms with Crippen molar-refractivity contribution in [2.24, 2.45) is 0 Å². The summed E-state index contributed by atoms with van der Waals surface area (Å²) in [6, 6.07) is 11.6. The minimum absolute atomic E-state index is 0.0552. The van der Waals surface area contributed by atoms with Crippen molar-refractivity contribution in [3.63, 3.8) is 0 Å². The molecule has 0 bridgehead atoms. The largest absolute Gasteiger partial charge is 0.337 e. The zero-order valence-electron chi connectivity index (χ0n) is 15.3. The molecule has 6 nitrogen and oxygen atoms in total. The number of aromatic nitrogens is 3. The molecule has 0 unspecified atom stereocenters. The summed E-state index contributed by atoms with van der Waals surface area (Å²) in [4.78, 5) is 20.4. The lowest BCUT2D eigenvalue weighted by atomic mass is 10.0.